The Bertz CT molecular complexity index is 416. The van der Waals surface area contributed by atoms with Crippen LogP contribution in [0.1, 0.15) is 44.2 Å². The van der Waals surface area contributed by atoms with E-state index in [2.05, 4.69) is 74.5 Å². The third-order valence-corrected chi connectivity index (χ3v) is 3.85. The highest BCUT2D eigenvalue weighted by atomic mass is 14.3. The molecular formula is C18H22. The summed E-state index contributed by atoms with van der Waals surface area (Å²) in [5.74, 6) is 0. The minimum atomic E-state index is 0.137. The first-order chi connectivity index (χ1) is 8.77. The molecule has 0 atom stereocenters. The number of benzene rings is 2. The summed E-state index contributed by atoms with van der Waals surface area (Å²) in [6, 6.07) is 21.8. The molecule has 0 amide bonds. The average Bonchev–Trinajstić information content (AvgIpc) is 2.46. The van der Waals surface area contributed by atoms with Gasteiger partial charge in [-0.15, -0.1) is 0 Å². The lowest BCUT2D eigenvalue weighted by atomic mass is 9.73. The molecule has 0 aromatic heterocycles. The van der Waals surface area contributed by atoms with E-state index in [9.17, 15) is 0 Å². The van der Waals surface area contributed by atoms with Gasteiger partial charge in [-0.1, -0.05) is 87.4 Å². The van der Waals surface area contributed by atoms with Crippen LogP contribution in [0.4, 0.5) is 0 Å². The Morgan fingerprint density at radius 1 is 0.778 bits per heavy atom. The van der Waals surface area contributed by atoms with Gasteiger partial charge in [-0.3, -0.25) is 0 Å². The van der Waals surface area contributed by atoms with E-state index in [4.69, 9.17) is 0 Å². The largest absolute Gasteiger partial charge is 0.0654 e. The van der Waals surface area contributed by atoms with Crippen molar-refractivity contribution >= 4 is 0 Å². The Hall–Kier alpha value is -1.56. The maximum absolute atomic E-state index is 2.37. The molecule has 2 aromatic carbocycles. The number of hydrogen-bond acceptors (Lipinski definition) is 0. The van der Waals surface area contributed by atoms with Gasteiger partial charge in [0.05, 0.1) is 0 Å². The van der Waals surface area contributed by atoms with Crippen molar-refractivity contribution in [2.45, 2.75) is 38.5 Å². The topological polar surface area (TPSA) is 0 Å². The number of rotatable bonds is 5. The minimum absolute atomic E-state index is 0.137. The van der Waals surface area contributed by atoms with Crippen LogP contribution in [0, 0.1) is 0 Å². The molecule has 0 heteroatoms. The number of hydrogen-bond donors (Lipinski definition) is 0. The van der Waals surface area contributed by atoms with Gasteiger partial charge in [0.1, 0.15) is 0 Å². The summed E-state index contributed by atoms with van der Waals surface area (Å²) in [4.78, 5) is 0. The zero-order chi connectivity index (χ0) is 12.8. The molecule has 0 aliphatic rings. The first-order valence-corrected chi connectivity index (χ1v) is 6.88. The predicted octanol–water partition coefficient (Wildman–Crippen LogP) is 5.18. The second-order valence-electron chi connectivity index (χ2n) is 5.17. The Labute approximate surface area is 111 Å². The Morgan fingerprint density at radius 3 is 1.61 bits per heavy atom. The maximum atomic E-state index is 2.37. The second-order valence-corrected chi connectivity index (χ2v) is 5.17. The summed E-state index contributed by atoms with van der Waals surface area (Å²) < 4.78 is 0. The molecule has 0 fully saturated rings. The van der Waals surface area contributed by atoms with Crippen molar-refractivity contribution < 1.29 is 0 Å². The third kappa shape index (κ3) is 2.64. The molecule has 0 spiro atoms. The molecule has 0 heterocycles. The normalized spacial score (nSPS) is 11.4. The van der Waals surface area contributed by atoms with E-state index in [1.165, 1.54) is 30.4 Å². The molecule has 0 saturated carbocycles. The van der Waals surface area contributed by atoms with Crippen LogP contribution in [-0.4, -0.2) is 0 Å². The molecule has 2 aromatic rings. The van der Waals surface area contributed by atoms with Crippen molar-refractivity contribution in [3.8, 4) is 0 Å². The Kier molecular flexibility index (Phi) is 4.19. The van der Waals surface area contributed by atoms with Gasteiger partial charge in [0.15, 0.2) is 0 Å². The molecule has 0 nitrogen and oxygen atoms in total. The van der Waals surface area contributed by atoms with Gasteiger partial charge in [-0.25, -0.2) is 0 Å². The molecule has 0 unspecified atom stereocenters. The molecule has 2 rings (SSSR count). The zero-order valence-corrected chi connectivity index (χ0v) is 11.4. The van der Waals surface area contributed by atoms with E-state index in [0.29, 0.717) is 0 Å². The van der Waals surface area contributed by atoms with E-state index in [-0.39, 0.29) is 5.41 Å². The Morgan fingerprint density at radius 2 is 1.22 bits per heavy atom. The fourth-order valence-corrected chi connectivity index (χ4v) is 2.60. The lowest BCUT2D eigenvalue weighted by molar-refractivity contribution is 0.493. The van der Waals surface area contributed by atoms with Crippen LogP contribution in [-0.2, 0) is 5.41 Å². The minimum Gasteiger partial charge on any atom is -0.0654 e. The third-order valence-electron chi connectivity index (χ3n) is 3.85. The summed E-state index contributed by atoms with van der Waals surface area (Å²) in [5.41, 5.74) is 2.98. The van der Waals surface area contributed by atoms with E-state index >= 15 is 0 Å². The van der Waals surface area contributed by atoms with Gasteiger partial charge in [0, 0.05) is 5.41 Å². The van der Waals surface area contributed by atoms with Crippen LogP contribution in [0.3, 0.4) is 0 Å². The summed E-state index contributed by atoms with van der Waals surface area (Å²) >= 11 is 0. The molecule has 0 aliphatic heterocycles. The van der Waals surface area contributed by atoms with E-state index in [1.807, 2.05) is 0 Å². The van der Waals surface area contributed by atoms with Crippen molar-refractivity contribution in [2.24, 2.45) is 0 Å². The fraction of sp³-hybridized carbons (Fsp3) is 0.333. The summed E-state index contributed by atoms with van der Waals surface area (Å²) in [6.45, 7) is 4.63. The lowest BCUT2D eigenvalue weighted by Gasteiger charge is -2.31. The predicted molar refractivity (Wildman–Crippen MR) is 78.9 cm³/mol. The molecule has 18 heavy (non-hydrogen) atoms. The highest BCUT2D eigenvalue weighted by molar-refractivity contribution is 5.38. The summed E-state index contributed by atoms with van der Waals surface area (Å²) in [6.07, 6.45) is 3.72. The van der Waals surface area contributed by atoms with E-state index in [0.717, 1.165) is 0 Å². The quantitative estimate of drug-likeness (QED) is 0.673. The molecule has 0 bridgehead atoms. The monoisotopic (exact) mass is 238 g/mol. The SMILES string of the molecule is CCCCC(C)(c1ccccc1)c1ccccc1. The van der Waals surface area contributed by atoms with Crippen LogP contribution >= 0.6 is 0 Å². The molecule has 0 radical (unpaired) electrons. The van der Waals surface area contributed by atoms with Crippen LogP contribution < -0.4 is 0 Å². The van der Waals surface area contributed by atoms with Gasteiger partial charge in [-0.05, 0) is 17.5 Å². The van der Waals surface area contributed by atoms with Gasteiger partial charge in [0.2, 0.25) is 0 Å². The fourth-order valence-electron chi connectivity index (χ4n) is 2.60. The van der Waals surface area contributed by atoms with Crippen LogP contribution in [0.25, 0.3) is 0 Å². The molecular weight excluding hydrogens is 216 g/mol. The van der Waals surface area contributed by atoms with Gasteiger partial charge < -0.3 is 0 Å². The van der Waals surface area contributed by atoms with E-state index < -0.39 is 0 Å². The summed E-state index contributed by atoms with van der Waals surface area (Å²) in [7, 11) is 0. The highest BCUT2D eigenvalue weighted by Crippen LogP contribution is 2.36. The molecule has 0 saturated heterocycles. The van der Waals surface area contributed by atoms with Crippen molar-refractivity contribution in [3.05, 3.63) is 71.8 Å². The standard InChI is InChI=1S/C18H22/c1-3-4-15-18(2,16-11-7-5-8-12-16)17-13-9-6-10-14-17/h5-14H,3-4,15H2,1-2H3. The van der Waals surface area contributed by atoms with Gasteiger partial charge in [0.25, 0.3) is 0 Å². The smallest absolute Gasteiger partial charge is 0.0174 e. The highest BCUT2D eigenvalue weighted by Gasteiger charge is 2.27. The Balaban J connectivity index is 2.41. The lowest BCUT2D eigenvalue weighted by Crippen LogP contribution is -2.23. The van der Waals surface area contributed by atoms with Crippen molar-refractivity contribution in [3.63, 3.8) is 0 Å². The number of unbranched alkanes of at least 4 members (excludes halogenated alkanes) is 1. The van der Waals surface area contributed by atoms with Crippen molar-refractivity contribution in [1.82, 2.24) is 0 Å². The molecule has 0 N–H and O–H groups in total. The van der Waals surface area contributed by atoms with Crippen LogP contribution in [0.5, 0.6) is 0 Å². The van der Waals surface area contributed by atoms with Crippen LogP contribution in [0.2, 0.25) is 0 Å². The second kappa shape index (κ2) is 5.86. The maximum Gasteiger partial charge on any atom is 0.0174 e. The average molecular weight is 238 g/mol. The molecule has 94 valence electrons. The van der Waals surface area contributed by atoms with E-state index in [1.54, 1.807) is 0 Å². The van der Waals surface area contributed by atoms with Gasteiger partial charge in [-0.2, -0.15) is 0 Å². The van der Waals surface area contributed by atoms with Crippen molar-refractivity contribution in [2.75, 3.05) is 0 Å². The first-order valence-electron chi connectivity index (χ1n) is 6.88. The van der Waals surface area contributed by atoms with Gasteiger partial charge >= 0.3 is 0 Å². The van der Waals surface area contributed by atoms with Crippen LogP contribution in [0.15, 0.2) is 60.7 Å². The molecule has 0 aliphatic carbocycles. The van der Waals surface area contributed by atoms with Crippen molar-refractivity contribution in [1.29, 1.82) is 0 Å². The summed E-state index contributed by atoms with van der Waals surface area (Å²) in [5, 5.41) is 0. The zero-order valence-electron chi connectivity index (χ0n) is 11.4. The first kappa shape index (κ1) is 12.9.